The Hall–Kier alpha value is -2.49. The van der Waals surface area contributed by atoms with E-state index in [2.05, 4.69) is 27.1 Å². The van der Waals surface area contributed by atoms with Crippen LogP contribution in [0.4, 0.5) is 22.0 Å². The molecule has 3 aromatic rings. The van der Waals surface area contributed by atoms with E-state index in [-0.39, 0.29) is 17.3 Å². The number of anilines is 3. The molecule has 34 heavy (non-hydrogen) atoms. The van der Waals surface area contributed by atoms with Crippen molar-refractivity contribution in [3.8, 4) is 0 Å². The molecule has 2 aromatic heterocycles. The first-order chi connectivity index (χ1) is 16.4. The normalized spacial score (nSPS) is 22.6. The lowest BCUT2D eigenvalue weighted by Crippen LogP contribution is -2.41. The third kappa shape index (κ3) is 4.82. The smallest absolute Gasteiger partial charge is 0.225 e. The molecule has 0 spiro atoms. The molecule has 5 rings (SSSR count). The maximum absolute atomic E-state index is 14.5. The Bertz CT molecular complexity index is 1160. The lowest BCUT2D eigenvalue weighted by molar-refractivity contribution is 0.0656. The van der Waals surface area contributed by atoms with Gasteiger partial charge in [0.25, 0.3) is 0 Å². The zero-order valence-electron chi connectivity index (χ0n) is 19.4. The summed E-state index contributed by atoms with van der Waals surface area (Å²) in [5, 5.41) is 7.13. The van der Waals surface area contributed by atoms with E-state index in [0.717, 1.165) is 44.2 Å². The predicted molar refractivity (Wildman–Crippen MR) is 132 cm³/mol. The molecular weight excluding hydrogens is 457 g/mol. The molecule has 0 radical (unpaired) electrons. The molecule has 0 amide bonds. The zero-order valence-corrected chi connectivity index (χ0v) is 20.1. The second-order valence-electron chi connectivity index (χ2n) is 9.67. The number of nitrogens with two attached hydrogens (primary N) is 1. The third-order valence-corrected chi connectivity index (χ3v) is 7.37. The van der Waals surface area contributed by atoms with Gasteiger partial charge in [-0.1, -0.05) is 11.6 Å². The quantitative estimate of drug-likeness (QED) is 0.448. The maximum Gasteiger partial charge on any atom is 0.225 e. The van der Waals surface area contributed by atoms with Crippen molar-refractivity contribution in [1.82, 2.24) is 19.5 Å². The Morgan fingerprint density at radius 1 is 1.21 bits per heavy atom. The number of hydrogen-bond acceptors (Lipinski definition) is 7. The lowest BCUT2D eigenvalue weighted by Gasteiger charge is -2.34. The number of aromatic nitrogens is 4. The number of fused-ring (bicyclic) bond motifs is 1. The van der Waals surface area contributed by atoms with Crippen molar-refractivity contribution in [3.63, 3.8) is 0 Å². The summed E-state index contributed by atoms with van der Waals surface area (Å²) >= 11 is 6.12. The minimum atomic E-state index is -0.393. The first kappa shape index (κ1) is 23.3. The van der Waals surface area contributed by atoms with Gasteiger partial charge in [0.15, 0.2) is 5.65 Å². The highest BCUT2D eigenvalue weighted by molar-refractivity contribution is 6.30. The molecule has 0 atom stereocenters. The molecule has 8 nitrogen and oxygen atoms in total. The molecule has 2 fully saturated rings. The number of imidazole rings is 1. The van der Waals surface area contributed by atoms with E-state index < -0.39 is 5.82 Å². The summed E-state index contributed by atoms with van der Waals surface area (Å²) in [4.78, 5) is 14.2. The van der Waals surface area contributed by atoms with Crippen molar-refractivity contribution in [2.24, 2.45) is 11.7 Å². The Morgan fingerprint density at radius 2 is 1.97 bits per heavy atom. The summed E-state index contributed by atoms with van der Waals surface area (Å²) in [5.74, 6) is 1.24. The first-order valence-corrected chi connectivity index (χ1v) is 12.3. The van der Waals surface area contributed by atoms with Gasteiger partial charge >= 0.3 is 0 Å². The van der Waals surface area contributed by atoms with Crippen molar-refractivity contribution in [1.29, 1.82) is 0 Å². The van der Waals surface area contributed by atoms with Crippen LogP contribution in [0.3, 0.4) is 0 Å². The molecule has 182 valence electrons. The van der Waals surface area contributed by atoms with Crippen LogP contribution < -0.4 is 16.4 Å². The lowest BCUT2D eigenvalue weighted by atomic mass is 9.86. The molecule has 1 saturated heterocycles. The number of nitrogens with one attached hydrogen (secondary N) is 2. The Labute approximate surface area is 203 Å². The molecule has 4 N–H and O–H groups in total. The van der Waals surface area contributed by atoms with Crippen LogP contribution in [-0.4, -0.2) is 44.8 Å². The van der Waals surface area contributed by atoms with E-state index in [4.69, 9.17) is 32.0 Å². The zero-order chi connectivity index (χ0) is 23.7. The van der Waals surface area contributed by atoms with Gasteiger partial charge in [0, 0.05) is 29.8 Å². The van der Waals surface area contributed by atoms with Crippen LogP contribution in [0.15, 0.2) is 24.4 Å². The van der Waals surface area contributed by atoms with Gasteiger partial charge in [-0.05, 0) is 76.1 Å². The average Bonchev–Trinajstić information content (AvgIpc) is 3.19. The van der Waals surface area contributed by atoms with E-state index in [1.807, 2.05) is 0 Å². The highest BCUT2D eigenvalue weighted by Crippen LogP contribution is 2.37. The Kier molecular flexibility index (Phi) is 6.59. The highest BCUT2D eigenvalue weighted by Gasteiger charge is 2.30. The topological polar surface area (TPSA) is 103 Å². The van der Waals surface area contributed by atoms with E-state index in [9.17, 15) is 4.39 Å². The minimum Gasteiger partial charge on any atom is -0.381 e. The largest absolute Gasteiger partial charge is 0.381 e. The maximum atomic E-state index is 14.5. The standard InChI is InChI=1S/C24H31ClFN7O/c1-24(8-10-34-11-9-24)32-22-28-14-20-21(31-22)33(17-5-2-15(13-27)3-6-17)23(30-20)29-19-12-16(25)4-7-18(19)26/h4,7,12,14-15,17H,2-3,5-6,8-11,13,27H2,1H3,(H,29,30)(H,28,31,32)/t15-,17+. The first-order valence-electron chi connectivity index (χ1n) is 12.0. The monoisotopic (exact) mass is 487 g/mol. The molecule has 0 bridgehead atoms. The summed E-state index contributed by atoms with van der Waals surface area (Å²) in [6.07, 6.45) is 7.51. The van der Waals surface area contributed by atoms with Crippen LogP contribution in [0.1, 0.15) is 51.5 Å². The van der Waals surface area contributed by atoms with Crippen molar-refractivity contribution < 1.29 is 9.13 Å². The van der Waals surface area contributed by atoms with Crippen LogP contribution in [0.2, 0.25) is 5.02 Å². The van der Waals surface area contributed by atoms with Crippen molar-refractivity contribution in [3.05, 3.63) is 35.2 Å². The van der Waals surface area contributed by atoms with E-state index >= 15 is 0 Å². The molecule has 0 unspecified atom stereocenters. The fourth-order valence-electron chi connectivity index (χ4n) is 4.95. The van der Waals surface area contributed by atoms with Gasteiger partial charge in [-0.25, -0.2) is 14.4 Å². The van der Waals surface area contributed by atoms with Crippen molar-refractivity contribution in [2.75, 3.05) is 30.4 Å². The second-order valence-corrected chi connectivity index (χ2v) is 10.1. The van der Waals surface area contributed by atoms with Gasteiger partial charge in [-0.15, -0.1) is 0 Å². The Balaban J connectivity index is 1.53. The van der Waals surface area contributed by atoms with Crippen molar-refractivity contribution >= 4 is 40.3 Å². The third-order valence-electron chi connectivity index (χ3n) is 7.13. The minimum absolute atomic E-state index is 0.124. The van der Waals surface area contributed by atoms with Gasteiger partial charge in [-0.2, -0.15) is 4.98 Å². The summed E-state index contributed by atoms with van der Waals surface area (Å²) in [6, 6.07) is 4.62. The number of halogens is 2. The molecule has 2 aliphatic rings. The summed E-state index contributed by atoms with van der Waals surface area (Å²) in [6.45, 7) is 4.30. The molecule has 1 aliphatic carbocycles. The van der Waals surface area contributed by atoms with Crippen LogP contribution in [-0.2, 0) is 4.74 Å². The van der Waals surface area contributed by atoms with E-state index in [1.54, 1.807) is 12.3 Å². The summed E-state index contributed by atoms with van der Waals surface area (Å²) in [7, 11) is 0. The average molecular weight is 488 g/mol. The van der Waals surface area contributed by atoms with Crippen LogP contribution in [0.5, 0.6) is 0 Å². The van der Waals surface area contributed by atoms with E-state index in [1.165, 1.54) is 12.1 Å². The SMILES string of the molecule is CC1(Nc2ncc3nc(Nc4cc(Cl)ccc4F)n([C@H]4CC[C@@H](CN)CC4)c3n2)CCOCC1. The van der Waals surface area contributed by atoms with Gasteiger partial charge in [0.1, 0.15) is 11.3 Å². The fraction of sp³-hybridized carbons (Fsp3) is 0.542. The van der Waals surface area contributed by atoms with Crippen molar-refractivity contribution in [2.45, 2.75) is 57.0 Å². The highest BCUT2D eigenvalue weighted by atomic mass is 35.5. The van der Waals surface area contributed by atoms with Crippen LogP contribution in [0, 0.1) is 11.7 Å². The number of ether oxygens (including phenoxy) is 1. The molecule has 1 aromatic carbocycles. The number of benzene rings is 1. The summed E-state index contributed by atoms with van der Waals surface area (Å²) < 4.78 is 22.1. The van der Waals surface area contributed by atoms with Crippen LogP contribution >= 0.6 is 11.6 Å². The van der Waals surface area contributed by atoms with Gasteiger partial charge in [0.2, 0.25) is 11.9 Å². The number of rotatable bonds is 6. The second kappa shape index (κ2) is 9.64. The molecule has 1 saturated carbocycles. The predicted octanol–water partition coefficient (Wildman–Crippen LogP) is 5.03. The number of hydrogen-bond donors (Lipinski definition) is 3. The Morgan fingerprint density at radius 3 is 2.71 bits per heavy atom. The molecule has 1 aliphatic heterocycles. The molecular formula is C24H31ClFN7O. The molecule has 10 heteroatoms. The van der Waals surface area contributed by atoms with Gasteiger partial charge < -0.3 is 21.1 Å². The van der Waals surface area contributed by atoms with Gasteiger partial charge in [-0.3, -0.25) is 4.57 Å². The number of nitrogens with zero attached hydrogens (tertiary/aromatic N) is 4. The molecule has 3 heterocycles. The van der Waals surface area contributed by atoms with E-state index in [0.29, 0.717) is 48.1 Å². The van der Waals surface area contributed by atoms with Gasteiger partial charge in [0.05, 0.1) is 11.9 Å². The van der Waals surface area contributed by atoms with Crippen LogP contribution in [0.25, 0.3) is 11.2 Å². The summed E-state index contributed by atoms with van der Waals surface area (Å²) in [5.41, 5.74) is 7.46. The fourth-order valence-corrected chi connectivity index (χ4v) is 5.13.